The van der Waals surface area contributed by atoms with Crippen LogP contribution in [-0.4, -0.2) is 47.0 Å². The number of rotatable bonds is 4. The predicted octanol–water partition coefficient (Wildman–Crippen LogP) is 2.99. The van der Waals surface area contributed by atoms with Crippen LogP contribution in [0.1, 0.15) is 36.5 Å². The Kier molecular flexibility index (Phi) is 5.55. The van der Waals surface area contributed by atoms with E-state index >= 15 is 0 Å². The van der Waals surface area contributed by atoms with Gasteiger partial charge in [-0.1, -0.05) is 44.2 Å². The van der Waals surface area contributed by atoms with Gasteiger partial charge < -0.3 is 9.80 Å². The highest BCUT2D eigenvalue weighted by Gasteiger charge is 2.25. The molecule has 5 nitrogen and oxygen atoms in total. The van der Waals surface area contributed by atoms with Gasteiger partial charge in [0.2, 0.25) is 5.91 Å². The number of hydrogen-bond donors (Lipinski definition) is 0. The molecular weight excluding hydrogens is 324 g/mol. The summed E-state index contributed by atoms with van der Waals surface area (Å²) in [7, 11) is 0. The maximum absolute atomic E-state index is 12.2. The van der Waals surface area contributed by atoms with Crippen molar-refractivity contribution in [3.05, 3.63) is 53.0 Å². The Morgan fingerprint density at radius 1 is 1.04 bits per heavy atom. The van der Waals surface area contributed by atoms with Crippen molar-refractivity contribution in [1.29, 1.82) is 0 Å². The summed E-state index contributed by atoms with van der Waals surface area (Å²) in [5.74, 6) is 2.12. The average molecular weight is 352 g/mol. The molecule has 1 aromatic carbocycles. The number of anilines is 1. The van der Waals surface area contributed by atoms with Gasteiger partial charge in [0.15, 0.2) is 0 Å². The van der Waals surface area contributed by atoms with Crippen LogP contribution in [0, 0.1) is 19.8 Å². The lowest BCUT2D eigenvalue weighted by Gasteiger charge is -2.37. The van der Waals surface area contributed by atoms with E-state index in [1.807, 2.05) is 31.7 Å². The summed E-state index contributed by atoms with van der Waals surface area (Å²) in [4.78, 5) is 25.9. The quantitative estimate of drug-likeness (QED) is 0.849. The molecule has 3 rings (SSSR count). The van der Waals surface area contributed by atoms with E-state index in [1.165, 1.54) is 11.1 Å². The summed E-state index contributed by atoms with van der Waals surface area (Å²) in [6, 6.07) is 10.4. The predicted molar refractivity (Wildman–Crippen MR) is 104 cm³/mol. The lowest BCUT2D eigenvalue weighted by atomic mass is 10.0. The van der Waals surface area contributed by atoms with Gasteiger partial charge >= 0.3 is 0 Å². The number of aryl methyl sites for hydroxylation is 2. The van der Waals surface area contributed by atoms with E-state index in [0.717, 1.165) is 49.9 Å². The van der Waals surface area contributed by atoms with Crippen molar-refractivity contribution in [2.75, 3.05) is 31.1 Å². The number of nitrogens with zero attached hydrogens (tertiary/aromatic N) is 4. The van der Waals surface area contributed by atoms with Gasteiger partial charge in [0.25, 0.3) is 0 Å². The second-order valence-corrected chi connectivity index (χ2v) is 7.29. The number of carbonyl (C=O) groups excluding carboxylic acids is 1. The van der Waals surface area contributed by atoms with Crippen molar-refractivity contribution in [2.24, 2.45) is 5.92 Å². The monoisotopic (exact) mass is 352 g/mol. The molecule has 1 aliphatic heterocycles. The molecule has 26 heavy (non-hydrogen) atoms. The first-order chi connectivity index (χ1) is 12.5. The number of amides is 1. The maximum Gasteiger partial charge on any atom is 0.225 e. The maximum atomic E-state index is 12.2. The van der Waals surface area contributed by atoms with Crippen molar-refractivity contribution in [1.82, 2.24) is 14.9 Å². The van der Waals surface area contributed by atoms with E-state index in [-0.39, 0.29) is 11.8 Å². The Hall–Kier alpha value is -2.43. The number of benzene rings is 1. The standard InChI is InChI=1S/C21H28N4O/c1-15(2)21(26)25-12-10-24(11-13-25)20-19(16(3)22-17(4)23-20)14-18-8-6-5-7-9-18/h5-9,15H,10-14H2,1-4H3. The van der Waals surface area contributed by atoms with Crippen molar-refractivity contribution in [3.8, 4) is 0 Å². The molecule has 0 aliphatic carbocycles. The SMILES string of the molecule is Cc1nc(C)c(Cc2ccccc2)c(N2CCN(C(=O)C(C)C)CC2)n1. The molecule has 0 spiro atoms. The fourth-order valence-electron chi connectivity index (χ4n) is 3.49. The molecule has 2 heterocycles. The second-order valence-electron chi connectivity index (χ2n) is 7.29. The van der Waals surface area contributed by atoms with Crippen molar-refractivity contribution in [3.63, 3.8) is 0 Å². The van der Waals surface area contributed by atoms with Gasteiger partial charge in [0.1, 0.15) is 11.6 Å². The minimum absolute atomic E-state index is 0.0544. The summed E-state index contributed by atoms with van der Waals surface area (Å²) in [5.41, 5.74) is 3.49. The van der Waals surface area contributed by atoms with Crippen LogP contribution in [0.3, 0.4) is 0 Å². The minimum Gasteiger partial charge on any atom is -0.353 e. The topological polar surface area (TPSA) is 49.3 Å². The van der Waals surface area contributed by atoms with Crippen LogP contribution in [0.2, 0.25) is 0 Å². The van der Waals surface area contributed by atoms with E-state index in [2.05, 4.69) is 41.1 Å². The molecule has 1 amide bonds. The molecular formula is C21H28N4O. The molecule has 2 aromatic rings. The fourth-order valence-corrected chi connectivity index (χ4v) is 3.49. The van der Waals surface area contributed by atoms with Gasteiger partial charge in [0.05, 0.1) is 0 Å². The fraction of sp³-hybridized carbons (Fsp3) is 0.476. The van der Waals surface area contributed by atoms with Crippen LogP contribution in [0.5, 0.6) is 0 Å². The molecule has 1 aromatic heterocycles. The van der Waals surface area contributed by atoms with Gasteiger partial charge in [-0.2, -0.15) is 0 Å². The molecule has 0 radical (unpaired) electrons. The third-order valence-corrected chi connectivity index (χ3v) is 4.91. The first-order valence-corrected chi connectivity index (χ1v) is 9.37. The van der Waals surface area contributed by atoms with E-state index in [4.69, 9.17) is 4.98 Å². The van der Waals surface area contributed by atoms with Crippen LogP contribution >= 0.6 is 0 Å². The van der Waals surface area contributed by atoms with Gasteiger partial charge in [-0.3, -0.25) is 4.79 Å². The van der Waals surface area contributed by atoms with Crippen molar-refractivity contribution >= 4 is 11.7 Å². The molecule has 0 atom stereocenters. The molecule has 1 saturated heterocycles. The Bertz CT molecular complexity index is 765. The molecule has 138 valence electrons. The minimum atomic E-state index is 0.0544. The zero-order valence-electron chi connectivity index (χ0n) is 16.2. The zero-order chi connectivity index (χ0) is 18.7. The number of piperazine rings is 1. The van der Waals surface area contributed by atoms with Crippen LogP contribution in [0.25, 0.3) is 0 Å². The largest absolute Gasteiger partial charge is 0.353 e. The summed E-state index contributed by atoms with van der Waals surface area (Å²) in [6.07, 6.45) is 0.827. The molecule has 0 unspecified atom stereocenters. The molecule has 5 heteroatoms. The Morgan fingerprint density at radius 3 is 2.31 bits per heavy atom. The number of hydrogen-bond acceptors (Lipinski definition) is 4. The molecule has 1 fully saturated rings. The van der Waals surface area contributed by atoms with Gasteiger partial charge in [-0.25, -0.2) is 9.97 Å². The van der Waals surface area contributed by atoms with E-state index in [0.29, 0.717) is 0 Å². The van der Waals surface area contributed by atoms with Crippen molar-refractivity contribution in [2.45, 2.75) is 34.1 Å². The van der Waals surface area contributed by atoms with Gasteiger partial charge in [0, 0.05) is 49.8 Å². The summed E-state index contributed by atoms with van der Waals surface area (Å²) >= 11 is 0. The van der Waals surface area contributed by atoms with Crippen LogP contribution in [-0.2, 0) is 11.2 Å². The first kappa shape index (κ1) is 18.4. The van der Waals surface area contributed by atoms with Crippen LogP contribution in [0.15, 0.2) is 30.3 Å². The highest BCUT2D eigenvalue weighted by Crippen LogP contribution is 2.25. The molecule has 0 saturated carbocycles. The third kappa shape index (κ3) is 4.03. The Balaban J connectivity index is 1.82. The average Bonchev–Trinajstić information content (AvgIpc) is 2.64. The smallest absolute Gasteiger partial charge is 0.225 e. The summed E-state index contributed by atoms with van der Waals surface area (Å²) < 4.78 is 0. The molecule has 0 bridgehead atoms. The normalized spacial score (nSPS) is 14.8. The third-order valence-electron chi connectivity index (χ3n) is 4.91. The van der Waals surface area contributed by atoms with Crippen LogP contribution in [0.4, 0.5) is 5.82 Å². The van der Waals surface area contributed by atoms with E-state index in [9.17, 15) is 4.79 Å². The van der Waals surface area contributed by atoms with Crippen molar-refractivity contribution < 1.29 is 4.79 Å². The summed E-state index contributed by atoms with van der Waals surface area (Å²) in [6.45, 7) is 11.1. The summed E-state index contributed by atoms with van der Waals surface area (Å²) in [5, 5.41) is 0. The highest BCUT2D eigenvalue weighted by atomic mass is 16.2. The highest BCUT2D eigenvalue weighted by molar-refractivity contribution is 5.78. The van der Waals surface area contributed by atoms with E-state index < -0.39 is 0 Å². The van der Waals surface area contributed by atoms with Crippen LogP contribution < -0.4 is 4.90 Å². The lowest BCUT2D eigenvalue weighted by molar-refractivity contribution is -0.134. The van der Waals surface area contributed by atoms with E-state index in [1.54, 1.807) is 0 Å². The van der Waals surface area contributed by atoms with Gasteiger partial charge in [-0.15, -0.1) is 0 Å². The molecule has 1 aliphatic rings. The Morgan fingerprint density at radius 2 is 1.69 bits per heavy atom. The zero-order valence-corrected chi connectivity index (χ0v) is 16.2. The van der Waals surface area contributed by atoms with Gasteiger partial charge in [-0.05, 0) is 19.4 Å². The number of carbonyl (C=O) groups is 1. The lowest BCUT2D eigenvalue weighted by Crippen LogP contribution is -2.50. The second kappa shape index (κ2) is 7.85. The Labute approximate surface area is 156 Å². The number of aromatic nitrogens is 2. The molecule has 0 N–H and O–H groups in total. The first-order valence-electron chi connectivity index (χ1n) is 9.37.